The Morgan fingerprint density at radius 1 is 0.946 bits per heavy atom. The van der Waals surface area contributed by atoms with E-state index < -0.39 is 0 Å². The number of hydrogen-bond donors (Lipinski definition) is 2. The summed E-state index contributed by atoms with van der Waals surface area (Å²) < 4.78 is 1.77. The van der Waals surface area contributed by atoms with E-state index in [-0.39, 0.29) is 35.7 Å². The van der Waals surface area contributed by atoms with Crippen molar-refractivity contribution in [2.75, 3.05) is 24.2 Å². The van der Waals surface area contributed by atoms with E-state index in [4.69, 9.17) is 5.10 Å². The van der Waals surface area contributed by atoms with E-state index in [0.29, 0.717) is 5.82 Å². The predicted molar refractivity (Wildman–Crippen MR) is 152 cm³/mol. The van der Waals surface area contributed by atoms with Crippen molar-refractivity contribution in [3.05, 3.63) is 70.9 Å². The Morgan fingerprint density at radius 2 is 1.54 bits per heavy atom. The van der Waals surface area contributed by atoms with E-state index in [1.807, 2.05) is 55.5 Å². The Labute approximate surface area is 221 Å². The summed E-state index contributed by atoms with van der Waals surface area (Å²) in [6.07, 6.45) is 0. The van der Waals surface area contributed by atoms with Crippen LogP contribution in [0.15, 0.2) is 48.5 Å². The second-order valence-corrected chi connectivity index (χ2v) is 11.3. The number of benzene rings is 2. The maximum Gasteiger partial charge on any atom is 0.322 e. The standard InChI is InChI=1S/C30H41N5O2/c1-19(2)22-14-12-15-23(20(3)4)28(22)32-29(37)34(9)18-27(36)31-26-17-25(30(6,7)8)33-35(26)24-16-11-10-13-21(24)5/h10-17,19-20H,18H2,1-9H3,(H,31,36)(H,32,37). The van der Waals surface area contributed by atoms with Gasteiger partial charge in [0.15, 0.2) is 0 Å². The molecule has 0 radical (unpaired) electrons. The number of hydrogen-bond acceptors (Lipinski definition) is 3. The van der Waals surface area contributed by atoms with E-state index in [2.05, 4.69) is 59.1 Å². The lowest BCUT2D eigenvalue weighted by Gasteiger charge is -2.23. The van der Waals surface area contributed by atoms with Crippen LogP contribution in [0.25, 0.3) is 5.69 Å². The van der Waals surface area contributed by atoms with Gasteiger partial charge in [-0.15, -0.1) is 0 Å². The van der Waals surface area contributed by atoms with Gasteiger partial charge in [0.25, 0.3) is 0 Å². The number of likely N-dealkylation sites (N-methyl/N-ethyl adjacent to an activating group) is 1. The first-order valence-corrected chi connectivity index (χ1v) is 12.9. The second-order valence-electron chi connectivity index (χ2n) is 11.3. The number of rotatable bonds is 7. The normalized spacial score (nSPS) is 11.6. The number of nitrogens with one attached hydrogen (secondary N) is 2. The van der Waals surface area contributed by atoms with Gasteiger partial charge in [0, 0.05) is 24.2 Å². The number of aryl methyl sites for hydroxylation is 1. The molecule has 3 amide bonds. The second kappa shape index (κ2) is 11.2. The molecule has 2 aromatic carbocycles. The molecule has 0 spiro atoms. The van der Waals surface area contributed by atoms with Crippen molar-refractivity contribution in [2.24, 2.45) is 0 Å². The lowest BCUT2D eigenvalue weighted by molar-refractivity contribution is -0.116. The Balaban J connectivity index is 1.80. The highest BCUT2D eigenvalue weighted by Crippen LogP contribution is 2.32. The molecule has 7 nitrogen and oxygen atoms in total. The highest BCUT2D eigenvalue weighted by molar-refractivity contribution is 5.97. The molecule has 0 aliphatic rings. The van der Waals surface area contributed by atoms with Crippen LogP contribution in [0, 0.1) is 6.92 Å². The molecule has 0 bridgehead atoms. The molecule has 3 aromatic rings. The molecule has 198 valence electrons. The average Bonchev–Trinajstić information content (AvgIpc) is 3.22. The summed E-state index contributed by atoms with van der Waals surface area (Å²) in [6, 6.07) is 15.6. The summed E-state index contributed by atoms with van der Waals surface area (Å²) in [6.45, 7) is 16.6. The van der Waals surface area contributed by atoms with Crippen molar-refractivity contribution in [1.82, 2.24) is 14.7 Å². The molecule has 0 aliphatic carbocycles. The SMILES string of the molecule is Cc1ccccc1-n1nc(C(C)(C)C)cc1NC(=O)CN(C)C(=O)Nc1c(C(C)C)cccc1C(C)C. The van der Waals surface area contributed by atoms with Gasteiger partial charge in [-0.3, -0.25) is 4.79 Å². The van der Waals surface area contributed by atoms with Crippen LogP contribution >= 0.6 is 0 Å². The lowest BCUT2D eigenvalue weighted by atomic mass is 9.92. The number of para-hydroxylation sites is 2. The molecule has 0 saturated carbocycles. The molecule has 7 heteroatoms. The van der Waals surface area contributed by atoms with Crippen molar-refractivity contribution in [3.8, 4) is 5.69 Å². The van der Waals surface area contributed by atoms with E-state index in [0.717, 1.165) is 33.8 Å². The van der Waals surface area contributed by atoms with E-state index >= 15 is 0 Å². The zero-order valence-electron chi connectivity index (χ0n) is 23.6. The molecule has 0 fully saturated rings. The van der Waals surface area contributed by atoms with Gasteiger partial charge in [0.05, 0.1) is 11.4 Å². The molecule has 3 rings (SSSR count). The minimum absolute atomic E-state index is 0.101. The first-order chi connectivity index (χ1) is 17.3. The van der Waals surface area contributed by atoms with Crippen molar-refractivity contribution >= 4 is 23.4 Å². The van der Waals surface area contributed by atoms with Crippen molar-refractivity contribution in [3.63, 3.8) is 0 Å². The molecular weight excluding hydrogens is 462 g/mol. The number of carbonyl (C=O) groups excluding carboxylic acids is 2. The molecular formula is C30H41N5O2. The van der Waals surface area contributed by atoms with Crippen LogP contribution in [0.4, 0.5) is 16.3 Å². The van der Waals surface area contributed by atoms with Crippen molar-refractivity contribution < 1.29 is 9.59 Å². The monoisotopic (exact) mass is 503 g/mol. The van der Waals surface area contributed by atoms with Gasteiger partial charge in [-0.2, -0.15) is 5.10 Å². The Bertz CT molecular complexity index is 1240. The molecule has 1 heterocycles. The van der Waals surface area contributed by atoms with Crippen molar-refractivity contribution in [1.29, 1.82) is 0 Å². The Hall–Kier alpha value is -3.61. The van der Waals surface area contributed by atoms with Gasteiger partial charge in [-0.1, -0.05) is 84.9 Å². The quantitative estimate of drug-likeness (QED) is 0.371. The van der Waals surface area contributed by atoms with Crippen LogP contribution in [0.3, 0.4) is 0 Å². The lowest BCUT2D eigenvalue weighted by Crippen LogP contribution is -2.38. The molecule has 0 atom stereocenters. The van der Waals surface area contributed by atoms with Crippen LogP contribution in [-0.2, 0) is 10.2 Å². The summed E-state index contributed by atoms with van der Waals surface area (Å²) >= 11 is 0. The average molecular weight is 504 g/mol. The number of amides is 3. The highest BCUT2D eigenvalue weighted by Gasteiger charge is 2.23. The van der Waals surface area contributed by atoms with Gasteiger partial charge in [-0.25, -0.2) is 9.48 Å². The summed E-state index contributed by atoms with van der Waals surface area (Å²) in [7, 11) is 1.63. The third-order valence-corrected chi connectivity index (χ3v) is 6.42. The maximum absolute atomic E-state index is 13.1. The largest absolute Gasteiger partial charge is 0.322 e. The van der Waals surface area contributed by atoms with E-state index in [1.54, 1.807) is 11.7 Å². The van der Waals surface area contributed by atoms with Crippen LogP contribution < -0.4 is 10.6 Å². The Morgan fingerprint density at radius 3 is 2.08 bits per heavy atom. The van der Waals surface area contributed by atoms with Gasteiger partial charge < -0.3 is 15.5 Å². The van der Waals surface area contributed by atoms with Crippen molar-refractivity contribution in [2.45, 2.75) is 72.6 Å². The van der Waals surface area contributed by atoms with E-state index in [1.165, 1.54) is 4.90 Å². The highest BCUT2D eigenvalue weighted by atomic mass is 16.2. The predicted octanol–water partition coefficient (Wildman–Crippen LogP) is 6.83. The third kappa shape index (κ3) is 6.59. The first kappa shape index (κ1) is 28.0. The number of anilines is 2. The number of aromatic nitrogens is 2. The van der Waals surface area contributed by atoms with Crippen LogP contribution in [-0.4, -0.2) is 40.2 Å². The molecule has 37 heavy (non-hydrogen) atoms. The third-order valence-electron chi connectivity index (χ3n) is 6.42. The number of urea groups is 1. The van der Waals surface area contributed by atoms with Gasteiger partial charge in [-0.05, 0) is 41.5 Å². The zero-order valence-corrected chi connectivity index (χ0v) is 23.6. The summed E-state index contributed by atoms with van der Waals surface area (Å²) in [5.41, 5.74) is 5.60. The van der Waals surface area contributed by atoms with Crippen LogP contribution in [0.2, 0.25) is 0 Å². The fraction of sp³-hybridized carbons (Fsp3) is 0.433. The molecule has 2 N–H and O–H groups in total. The first-order valence-electron chi connectivity index (χ1n) is 12.9. The van der Waals surface area contributed by atoms with Gasteiger partial charge >= 0.3 is 6.03 Å². The van der Waals surface area contributed by atoms with Gasteiger partial charge in [0.2, 0.25) is 5.91 Å². The molecule has 0 saturated heterocycles. The van der Waals surface area contributed by atoms with Gasteiger partial charge in [0.1, 0.15) is 12.4 Å². The summed E-state index contributed by atoms with van der Waals surface area (Å²) in [5, 5.41) is 10.8. The topological polar surface area (TPSA) is 79.3 Å². The molecule has 0 unspecified atom stereocenters. The summed E-state index contributed by atoms with van der Waals surface area (Å²) in [4.78, 5) is 27.6. The zero-order chi connectivity index (χ0) is 27.5. The minimum Gasteiger partial charge on any atom is -0.318 e. The fourth-order valence-electron chi connectivity index (χ4n) is 4.19. The van der Waals surface area contributed by atoms with E-state index in [9.17, 15) is 9.59 Å². The van der Waals surface area contributed by atoms with Crippen LogP contribution in [0.1, 0.15) is 82.7 Å². The maximum atomic E-state index is 13.1. The fourth-order valence-corrected chi connectivity index (χ4v) is 4.19. The minimum atomic E-state index is -0.326. The molecule has 0 aliphatic heterocycles. The Kier molecular flexibility index (Phi) is 8.46. The number of nitrogens with zero attached hydrogens (tertiary/aromatic N) is 3. The molecule has 1 aromatic heterocycles. The smallest absolute Gasteiger partial charge is 0.318 e. The van der Waals surface area contributed by atoms with Crippen LogP contribution in [0.5, 0.6) is 0 Å². The number of carbonyl (C=O) groups is 2. The summed E-state index contributed by atoms with van der Waals surface area (Å²) in [5.74, 6) is 0.780.